The van der Waals surface area contributed by atoms with Crippen LogP contribution in [0.15, 0.2) is 29.4 Å². The summed E-state index contributed by atoms with van der Waals surface area (Å²) in [7, 11) is 0. The highest BCUT2D eigenvalue weighted by atomic mass is 19.4. The molecule has 0 amide bonds. The molecule has 0 radical (unpaired) electrons. The molecule has 1 fully saturated rings. The van der Waals surface area contributed by atoms with E-state index in [1.807, 2.05) is 0 Å². The van der Waals surface area contributed by atoms with Gasteiger partial charge in [-0.25, -0.2) is 9.97 Å². The highest BCUT2D eigenvalue weighted by molar-refractivity contribution is 5.91. The Morgan fingerprint density at radius 3 is 2.70 bits per heavy atom. The van der Waals surface area contributed by atoms with Crippen molar-refractivity contribution in [3.63, 3.8) is 0 Å². The summed E-state index contributed by atoms with van der Waals surface area (Å²) in [5.74, 6) is -0.727. The van der Waals surface area contributed by atoms with Crippen LogP contribution in [0.25, 0.3) is 10.9 Å². The number of benzene rings is 1. The number of hydrazone groups is 1. The van der Waals surface area contributed by atoms with E-state index in [4.69, 9.17) is 0 Å². The molecule has 0 unspecified atom stereocenters. The van der Waals surface area contributed by atoms with Crippen LogP contribution in [0.2, 0.25) is 0 Å². The second-order valence-corrected chi connectivity index (χ2v) is 5.77. The van der Waals surface area contributed by atoms with Gasteiger partial charge in [0.25, 0.3) is 0 Å². The molecule has 0 aliphatic heterocycles. The van der Waals surface area contributed by atoms with Gasteiger partial charge >= 0.3 is 6.18 Å². The van der Waals surface area contributed by atoms with E-state index in [0.717, 1.165) is 31.4 Å². The summed E-state index contributed by atoms with van der Waals surface area (Å²) < 4.78 is 38.9. The summed E-state index contributed by atoms with van der Waals surface area (Å²) in [5.41, 5.74) is 3.96. The number of halogens is 3. The number of fused-ring (bicyclic) bond motifs is 1. The van der Waals surface area contributed by atoms with Crippen molar-refractivity contribution in [1.29, 1.82) is 0 Å². The molecule has 7 heteroatoms. The minimum atomic E-state index is -4.59. The van der Waals surface area contributed by atoms with Crippen LogP contribution >= 0.6 is 0 Å². The van der Waals surface area contributed by atoms with Crippen molar-refractivity contribution in [3.05, 3.63) is 30.1 Å². The Morgan fingerprint density at radius 2 is 1.96 bits per heavy atom. The molecular weight excluding hydrogens is 305 g/mol. The second kappa shape index (κ2) is 6.14. The third-order valence-electron chi connectivity index (χ3n) is 4.05. The number of aromatic nitrogens is 2. The van der Waals surface area contributed by atoms with Gasteiger partial charge in [0.15, 0.2) is 5.82 Å². The number of alkyl halides is 3. The first-order valence-corrected chi connectivity index (χ1v) is 7.61. The van der Waals surface area contributed by atoms with Crippen molar-refractivity contribution in [1.82, 2.24) is 9.97 Å². The van der Waals surface area contributed by atoms with E-state index in [2.05, 4.69) is 27.4 Å². The van der Waals surface area contributed by atoms with Crippen LogP contribution in [-0.4, -0.2) is 15.7 Å². The van der Waals surface area contributed by atoms with Gasteiger partial charge in [-0.15, -0.1) is 0 Å². The number of nitrogens with one attached hydrogen (secondary N) is 1. The molecule has 122 valence electrons. The first kappa shape index (κ1) is 15.7. The lowest BCUT2D eigenvalue weighted by Gasteiger charge is -2.20. The number of hydrogen-bond donors (Lipinski definition) is 1. The zero-order valence-corrected chi connectivity index (χ0v) is 12.7. The Morgan fingerprint density at radius 1 is 1.17 bits per heavy atom. The molecule has 1 atom stereocenters. The van der Waals surface area contributed by atoms with E-state index in [9.17, 15) is 13.2 Å². The Hall–Kier alpha value is -2.18. The maximum atomic E-state index is 13.0. The van der Waals surface area contributed by atoms with Crippen LogP contribution in [0.4, 0.5) is 19.0 Å². The highest BCUT2D eigenvalue weighted by Gasteiger charge is 2.35. The monoisotopic (exact) mass is 322 g/mol. The Balaban J connectivity index is 2.00. The maximum Gasteiger partial charge on any atom is 0.451 e. The number of para-hydroxylation sites is 1. The molecule has 0 spiro atoms. The van der Waals surface area contributed by atoms with Crippen LogP contribution in [-0.2, 0) is 6.18 Å². The van der Waals surface area contributed by atoms with Crippen molar-refractivity contribution in [2.24, 2.45) is 11.0 Å². The number of anilines is 1. The second-order valence-electron chi connectivity index (χ2n) is 5.77. The van der Waals surface area contributed by atoms with Crippen molar-refractivity contribution < 1.29 is 13.2 Å². The third kappa shape index (κ3) is 3.43. The lowest BCUT2D eigenvalue weighted by atomic mass is 9.89. The SMILES string of the molecule is C[C@@H]1CCCC/C1=N/Nc1nc(C(F)(F)F)nc2ccccc12. The molecule has 1 N–H and O–H groups in total. The quantitative estimate of drug-likeness (QED) is 0.820. The molecule has 1 aliphatic rings. The summed E-state index contributed by atoms with van der Waals surface area (Å²) in [6.45, 7) is 2.08. The van der Waals surface area contributed by atoms with E-state index < -0.39 is 12.0 Å². The first-order chi connectivity index (χ1) is 10.9. The van der Waals surface area contributed by atoms with Crippen LogP contribution < -0.4 is 5.43 Å². The normalized spacial score (nSPS) is 20.9. The van der Waals surface area contributed by atoms with Gasteiger partial charge in [0, 0.05) is 11.1 Å². The smallest absolute Gasteiger partial charge is 0.261 e. The standard InChI is InChI=1S/C16H17F3N4/c1-10-6-2-4-8-12(10)22-23-14-11-7-3-5-9-13(11)20-15(21-14)16(17,18)19/h3,5,7,9-10H,2,4,6,8H2,1H3,(H,20,21,23)/b22-12-/t10-/m1/s1. The lowest BCUT2D eigenvalue weighted by Crippen LogP contribution is -2.18. The van der Waals surface area contributed by atoms with E-state index in [1.54, 1.807) is 18.2 Å². The van der Waals surface area contributed by atoms with E-state index in [1.165, 1.54) is 6.07 Å². The van der Waals surface area contributed by atoms with E-state index >= 15 is 0 Å². The van der Waals surface area contributed by atoms with E-state index in [0.29, 0.717) is 11.3 Å². The van der Waals surface area contributed by atoms with Gasteiger partial charge in [0.1, 0.15) is 0 Å². The van der Waals surface area contributed by atoms with Crippen LogP contribution in [0.1, 0.15) is 38.4 Å². The van der Waals surface area contributed by atoms with Gasteiger partial charge < -0.3 is 0 Å². The number of hydrogen-bond acceptors (Lipinski definition) is 4. The Bertz CT molecular complexity index is 740. The zero-order chi connectivity index (χ0) is 16.4. The fourth-order valence-corrected chi connectivity index (χ4v) is 2.75. The van der Waals surface area contributed by atoms with Gasteiger partial charge in [0.2, 0.25) is 5.82 Å². The Labute approximate surface area is 131 Å². The molecule has 2 aromatic rings. The molecule has 1 heterocycles. The lowest BCUT2D eigenvalue weighted by molar-refractivity contribution is -0.144. The van der Waals surface area contributed by atoms with Crippen molar-refractivity contribution >= 4 is 22.4 Å². The molecule has 0 saturated heterocycles. The van der Waals surface area contributed by atoms with Gasteiger partial charge in [0.05, 0.1) is 5.52 Å². The predicted octanol–water partition coefficient (Wildman–Crippen LogP) is 4.63. The maximum absolute atomic E-state index is 13.0. The largest absolute Gasteiger partial charge is 0.451 e. The van der Waals surface area contributed by atoms with Crippen molar-refractivity contribution in [3.8, 4) is 0 Å². The minimum Gasteiger partial charge on any atom is -0.261 e. The molecule has 23 heavy (non-hydrogen) atoms. The molecule has 3 rings (SSSR count). The van der Waals surface area contributed by atoms with Crippen molar-refractivity contribution in [2.75, 3.05) is 5.43 Å². The van der Waals surface area contributed by atoms with Crippen LogP contribution in [0.5, 0.6) is 0 Å². The topological polar surface area (TPSA) is 50.2 Å². The third-order valence-corrected chi connectivity index (χ3v) is 4.05. The minimum absolute atomic E-state index is 0.0909. The number of rotatable bonds is 2. The van der Waals surface area contributed by atoms with Crippen LogP contribution in [0, 0.1) is 5.92 Å². The summed E-state index contributed by atoms with van der Waals surface area (Å²) in [6, 6.07) is 6.60. The highest BCUT2D eigenvalue weighted by Crippen LogP contribution is 2.30. The molecule has 0 bridgehead atoms. The molecule has 1 aromatic carbocycles. The summed E-state index contributed by atoms with van der Waals surface area (Å²) in [4.78, 5) is 7.22. The summed E-state index contributed by atoms with van der Waals surface area (Å²) in [6.07, 6.45) is -0.452. The van der Waals surface area contributed by atoms with Gasteiger partial charge in [-0.3, -0.25) is 5.43 Å². The molecule has 1 aliphatic carbocycles. The molecule has 1 saturated carbocycles. The zero-order valence-electron chi connectivity index (χ0n) is 12.7. The molecular formula is C16H17F3N4. The fourth-order valence-electron chi connectivity index (χ4n) is 2.75. The molecule has 1 aromatic heterocycles. The Kier molecular flexibility index (Phi) is 4.19. The number of nitrogens with zero attached hydrogens (tertiary/aromatic N) is 3. The summed E-state index contributed by atoms with van der Waals surface area (Å²) in [5, 5.41) is 4.84. The van der Waals surface area contributed by atoms with E-state index in [-0.39, 0.29) is 11.3 Å². The molecule has 4 nitrogen and oxygen atoms in total. The average molecular weight is 322 g/mol. The van der Waals surface area contributed by atoms with Crippen molar-refractivity contribution in [2.45, 2.75) is 38.8 Å². The first-order valence-electron chi connectivity index (χ1n) is 7.61. The predicted molar refractivity (Wildman–Crippen MR) is 83.2 cm³/mol. The van der Waals surface area contributed by atoms with Gasteiger partial charge in [-0.2, -0.15) is 18.3 Å². The average Bonchev–Trinajstić information content (AvgIpc) is 2.52. The van der Waals surface area contributed by atoms with Gasteiger partial charge in [-0.05, 0) is 37.3 Å². The van der Waals surface area contributed by atoms with Crippen LogP contribution in [0.3, 0.4) is 0 Å². The van der Waals surface area contributed by atoms with Gasteiger partial charge in [-0.1, -0.05) is 25.5 Å². The summed E-state index contributed by atoms with van der Waals surface area (Å²) >= 11 is 0. The fraction of sp³-hybridized carbons (Fsp3) is 0.438.